The predicted molar refractivity (Wildman–Crippen MR) is 57.8 cm³/mol. The van der Waals surface area contributed by atoms with Crippen LogP contribution in [0.3, 0.4) is 0 Å². The molecule has 1 heterocycles. The molecule has 1 aromatic heterocycles. The molecule has 0 fully saturated rings. The molecule has 1 rings (SSSR count). The van der Waals surface area contributed by atoms with Gasteiger partial charge in [0.05, 0.1) is 5.41 Å². The van der Waals surface area contributed by atoms with Crippen LogP contribution in [0.2, 0.25) is 0 Å². The van der Waals surface area contributed by atoms with Crippen LogP contribution in [0.15, 0.2) is 11.5 Å². The summed E-state index contributed by atoms with van der Waals surface area (Å²) in [5.74, 6) is -0.0349. The number of hydrogen-bond acceptors (Lipinski definition) is 4. The molecule has 1 aromatic rings. The summed E-state index contributed by atoms with van der Waals surface area (Å²) < 4.78 is 1.82. The van der Waals surface area contributed by atoms with E-state index in [9.17, 15) is 4.79 Å². The molecule has 0 amide bonds. The summed E-state index contributed by atoms with van der Waals surface area (Å²) in [6, 6.07) is 0. The van der Waals surface area contributed by atoms with Gasteiger partial charge in [-0.15, -0.1) is 10.2 Å². The molecule has 0 unspecified atom stereocenters. The van der Waals surface area contributed by atoms with Gasteiger partial charge in [0.25, 0.3) is 0 Å². The lowest BCUT2D eigenvalue weighted by Gasteiger charge is -2.17. The average Bonchev–Trinajstić information content (AvgIpc) is 2.51. The van der Waals surface area contributed by atoms with Crippen LogP contribution in [0.25, 0.3) is 0 Å². The molecule has 0 spiro atoms. The van der Waals surface area contributed by atoms with Gasteiger partial charge in [0, 0.05) is 12.8 Å². The second-order valence-electron chi connectivity index (χ2n) is 4.01. The van der Waals surface area contributed by atoms with Crippen molar-refractivity contribution in [2.24, 2.45) is 12.5 Å². The molecule has 5 nitrogen and oxygen atoms in total. The third kappa shape index (κ3) is 3.23. The second-order valence-corrected chi connectivity index (χ2v) is 5.07. The highest BCUT2D eigenvalue weighted by molar-refractivity contribution is 7.99. The number of aliphatic carboxylic acids is 1. The monoisotopic (exact) mass is 229 g/mol. The first-order valence-electron chi connectivity index (χ1n) is 4.63. The third-order valence-corrected chi connectivity index (χ3v) is 3.24. The molecule has 0 aliphatic rings. The Morgan fingerprint density at radius 2 is 2.33 bits per heavy atom. The third-order valence-electron chi connectivity index (χ3n) is 2.21. The Morgan fingerprint density at radius 3 is 2.80 bits per heavy atom. The minimum atomic E-state index is -0.763. The highest BCUT2D eigenvalue weighted by atomic mass is 32.2. The van der Waals surface area contributed by atoms with Crippen molar-refractivity contribution in [3.05, 3.63) is 6.33 Å². The maximum Gasteiger partial charge on any atom is 0.309 e. The van der Waals surface area contributed by atoms with Crippen molar-refractivity contribution in [1.29, 1.82) is 0 Å². The first kappa shape index (κ1) is 12.0. The van der Waals surface area contributed by atoms with Crippen molar-refractivity contribution < 1.29 is 9.90 Å². The average molecular weight is 229 g/mol. The van der Waals surface area contributed by atoms with Crippen LogP contribution in [0.1, 0.15) is 20.3 Å². The normalized spacial score (nSPS) is 11.7. The summed E-state index contributed by atoms with van der Waals surface area (Å²) in [7, 11) is 1.87. The lowest BCUT2D eigenvalue weighted by molar-refractivity contribution is -0.146. The second kappa shape index (κ2) is 4.65. The minimum Gasteiger partial charge on any atom is -0.481 e. The number of carboxylic acid groups (broad SMARTS) is 1. The zero-order chi connectivity index (χ0) is 11.5. The number of carbonyl (C=O) groups is 1. The van der Waals surface area contributed by atoms with Crippen molar-refractivity contribution in [2.45, 2.75) is 25.4 Å². The zero-order valence-electron chi connectivity index (χ0n) is 9.10. The molecule has 0 radical (unpaired) electrons. The molecule has 6 heteroatoms. The van der Waals surface area contributed by atoms with E-state index in [0.29, 0.717) is 6.42 Å². The molecule has 1 N–H and O–H groups in total. The molecule has 0 bridgehead atoms. The fraction of sp³-hybridized carbons (Fsp3) is 0.667. The van der Waals surface area contributed by atoms with Gasteiger partial charge in [0.2, 0.25) is 0 Å². The van der Waals surface area contributed by atoms with Crippen LogP contribution in [-0.2, 0) is 11.8 Å². The summed E-state index contributed by atoms with van der Waals surface area (Å²) >= 11 is 1.52. The number of hydrogen-bond donors (Lipinski definition) is 1. The summed E-state index contributed by atoms with van der Waals surface area (Å²) in [6.07, 6.45) is 2.24. The molecule has 15 heavy (non-hydrogen) atoms. The van der Waals surface area contributed by atoms with Crippen LogP contribution < -0.4 is 0 Å². The van der Waals surface area contributed by atoms with Crippen molar-refractivity contribution in [1.82, 2.24) is 14.8 Å². The Hall–Kier alpha value is -1.04. The highest BCUT2D eigenvalue weighted by Crippen LogP contribution is 2.25. The van der Waals surface area contributed by atoms with E-state index in [1.54, 1.807) is 20.2 Å². The molecule has 0 aromatic carbocycles. The smallest absolute Gasteiger partial charge is 0.309 e. The summed E-state index contributed by atoms with van der Waals surface area (Å²) in [4.78, 5) is 10.8. The van der Waals surface area contributed by atoms with Crippen molar-refractivity contribution in [2.75, 3.05) is 5.75 Å². The Labute approximate surface area is 92.9 Å². The Balaban J connectivity index is 2.40. The van der Waals surface area contributed by atoms with E-state index >= 15 is 0 Å². The van der Waals surface area contributed by atoms with Crippen LogP contribution in [0, 0.1) is 5.41 Å². The topological polar surface area (TPSA) is 68.0 Å². The molecule has 0 aliphatic heterocycles. The fourth-order valence-electron chi connectivity index (χ4n) is 0.908. The quantitative estimate of drug-likeness (QED) is 0.773. The first-order valence-corrected chi connectivity index (χ1v) is 5.62. The molecule has 0 saturated heterocycles. The highest BCUT2D eigenvalue weighted by Gasteiger charge is 2.26. The van der Waals surface area contributed by atoms with E-state index < -0.39 is 11.4 Å². The number of nitrogens with zero attached hydrogens (tertiary/aromatic N) is 3. The summed E-state index contributed by atoms with van der Waals surface area (Å²) in [6.45, 7) is 3.46. The molecule has 0 atom stereocenters. The number of aryl methyl sites for hydroxylation is 1. The van der Waals surface area contributed by atoms with Crippen LogP contribution in [-0.4, -0.2) is 31.6 Å². The maximum absolute atomic E-state index is 10.8. The number of thioether (sulfide) groups is 1. The van der Waals surface area contributed by atoms with Gasteiger partial charge in [-0.3, -0.25) is 4.79 Å². The maximum atomic E-state index is 10.8. The van der Waals surface area contributed by atoms with Gasteiger partial charge in [-0.1, -0.05) is 11.8 Å². The molecule has 0 saturated carbocycles. The van der Waals surface area contributed by atoms with Crippen LogP contribution in [0.4, 0.5) is 0 Å². The van der Waals surface area contributed by atoms with Crippen molar-refractivity contribution in [3.63, 3.8) is 0 Å². The van der Waals surface area contributed by atoms with Crippen LogP contribution in [0.5, 0.6) is 0 Å². The van der Waals surface area contributed by atoms with Crippen molar-refractivity contribution >= 4 is 17.7 Å². The number of carboxylic acids is 1. The zero-order valence-corrected chi connectivity index (χ0v) is 9.91. The number of rotatable bonds is 5. The summed E-state index contributed by atoms with van der Waals surface area (Å²) in [5, 5.41) is 17.4. The Kier molecular flexibility index (Phi) is 3.73. The predicted octanol–water partition coefficient (Wildman–Crippen LogP) is 1.41. The first-order chi connectivity index (χ1) is 6.93. The van der Waals surface area contributed by atoms with Gasteiger partial charge in [-0.2, -0.15) is 0 Å². The summed E-state index contributed by atoms with van der Waals surface area (Å²) in [5.41, 5.74) is -0.675. The van der Waals surface area contributed by atoms with Crippen molar-refractivity contribution in [3.8, 4) is 0 Å². The van der Waals surface area contributed by atoms with E-state index in [4.69, 9.17) is 5.11 Å². The van der Waals surface area contributed by atoms with E-state index in [2.05, 4.69) is 10.2 Å². The lowest BCUT2D eigenvalue weighted by Crippen LogP contribution is -2.24. The van der Waals surface area contributed by atoms with Gasteiger partial charge >= 0.3 is 5.97 Å². The van der Waals surface area contributed by atoms with E-state index in [-0.39, 0.29) is 0 Å². The SMILES string of the molecule is Cn1cnnc1SCCC(C)(C)C(=O)O. The largest absolute Gasteiger partial charge is 0.481 e. The van der Waals surface area contributed by atoms with E-state index in [1.807, 2.05) is 11.6 Å². The molecular weight excluding hydrogens is 214 g/mol. The fourth-order valence-corrected chi connectivity index (χ4v) is 2.06. The molecule has 0 aliphatic carbocycles. The van der Waals surface area contributed by atoms with E-state index in [0.717, 1.165) is 10.9 Å². The number of aromatic nitrogens is 3. The van der Waals surface area contributed by atoms with Gasteiger partial charge in [0.15, 0.2) is 5.16 Å². The van der Waals surface area contributed by atoms with Crippen LogP contribution >= 0.6 is 11.8 Å². The Bertz CT molecular complexity index is 349. The van der Waals surface area contributed by atoms with Gasteiger partial charge in [-0.05, 0) is 20.3 Å². The lowest BCUT2D eigenvalue weighted by atomic mass is 9.91. The van der Waals surface area contributed by atoms with Gasteiger partial charge < -0.3 is 9.67 Å². The van der Waals surface area contributed by atoms with Gasteiger partial charge in [-0.25, -0.2) is 0 Å². The molecule has 84 valence electrons. The minimum absolute atomic E-state index is 0.611. The molecular formula is C9H15N3O2S. The Morgan fingerprint density at radius 1 is 1.67 bits per heavy atom. The van der Waals surface area contributed by atoms with Gasteiger partial charge in [0.1, 0.15) is 6.33 Å². The standard InChI is InChI=1S/C9H15N3O2S/c1-9(2,7(13)14)4-5-15-8-11-10-6-12(8)3/h6H,4-5H2,1-3H3,(H,13,14). The van der Waals surface area contributed by atoms with E-state index in [1.165, 1.54) is 11.8 Å².